The molecule has 4 heteroatoms. The van der Waals surface area contributed by atoms with Crippen LogP contribution in [0.4, 0.5) is 0 Å². The van der Waals surface area contributed by atoms with E-state index in [9.17, 15) is 9.59 Å². The zero-order chi connectivity index (χ0) is 12.3. The number of ketones is 2. The molecule has 0 fully saturated rings. The second-order valence-corrected chi connectivity index (χ2v) is 3.66. The van der Waals surface area contributed by atoms with Crippen LogP contribution in [0.5, 0.6) is 0 Å². The lowest BCUT2D eigenvalue weighted by Gasteiger charge is -2.07. The van der Waals surface area contributed by atoms with Crippen LogP contribution in [0.3, 0.4) is 0 Å². The molecule has 2 atom stereocenters. The SMILES string of the molecule is C[C@H](O)C(=O)c1cccc(C(=O)[C@H](C)O)c1. The van der Waals surface area contributed by atoms with Crippen molar-refractivity contribution < 1.29 is 19.8 Å². The number of benzene rings is 1. The minimum atomic E-state index is -1.10. The van der Waals surface area contributed by atoms with Crippen molar-refractivity contribution in [3.8, 4) is 0 Å². The lowest BCUT2D eigenvalue weighted by Crippen LogP contribution is -2.19. The van der Waals surface area contributed by atoms with Crippen molar-refractivity contribution in [2.24, 2.45) is 0 Å². The summed E-state index contributed by atoms with van der Waals surface area (Å²) in [6, 6.07) is 5.97. The molecule has 0 spiro atoms. The van der Waals surface area contributed by atoms with Gasteiger partial charge in [-0.15, -0.1) is 0 Å². The second-order valence-electron chi connectivity index (χ2n) is 3.66. The molecule has 2 N–H and O–H groups in total. The van der Waals surface area contributed by atoms with Crippen molar-refractivity contribution in [1.29, 1.82) is 0 Å². The molecule has 0 bridgehead atoms. The molecule has 16 heavy (non-hydrogen) atoms. The van der Waals surface area contributed by atoms with Gasteiger partial charge in [0.15, 0.2) is 11.6 Å². The Morgan fingerprint density at radius 1 is 1.00 bits per heavy atom. The van der Waals surface area contributed by atoms with Crippen LogP contribution in [0.2, 0.25) is 0 Å². The highest BCUT2D eigenvalue weighted by molar-refractivity contribution is 6.04. The Kier molecular flexibility index (Phi) is 3.93. The lowest BCUT2D eigenvalue weighted by molar-refractivity contribution is 0.0775. The van der Waals surface area contributed by atoms with Gasteiger partial charge >= 0.3 is 0 Å². The molecule has 1 aromatic rings. The number of aliphatic hydroxyl groups is 2. The first-order chi connectivity index (χ1) is 7.43. The first kappa shape index (κ1) is 12.5. The minimum Gasteiger partial charge on any atom is -0.385 e. The van der Waals surface area contributed by atoms with Gasteiger partial charge in [0.25, 0.3) is 0 Å². The third-order valence-electron chi connectivity index (χ3n) is 2.19. The monoisotopic (exact) mass is 222 g/mol. The zero-order valence-corrected chi connectivity index (χ0v) is 9.18. The zero-order valence-electron chi connectivity index (χ0n) is 9.18. The van der Waals surface area contributed by atoms with Crippen molar-refractivity contribution in [2.75, 3.05) is 0 Å². The van der Waals surface area contributed by atoms with Gasteiger partial charge in [-0.2, -0.15) is 0 Å². The first-order valence-electron chi connectivity index (χ1n) is 4.98. The van der Waals surface area contributed by atoms with Crippen LogP contribution in [0, 0.1) is 0 Å². The molecule has 0 aliphatic rings. The Labute approximate surface area is 93.5 Å². The fourth-order valence-electron chi connectivity index (χ4n) is 1.31. The molecule has 86 valence electrons. The van der Waals surface area contributed by atoms with Crippen LogP contribution in [-0.2, 0) is 0 Å². The van der Waals surface area contributed by atoms with E-state index in [2.05, 4.69) is 0 Å². The number of hydrogen-bond acceptors (Lipinski definition) is 4. The maximum Gasteiger partial charge on any atom is 0.190 e. The Bertz CT molecular complexity index is 372. The first-order valence-corrected chi connectivity index (χ1v) is 4.98. The highest BCUT2D eigenvalue weighted by Gasteiger charge is 2.16. The molecule has 0 aromatic heterocycles. The number of hydrogen-bond donors (Lipinski definition) is 2. The molecule has 0 saturated carbocycles. The average Bonchev–Trinajstić information content (AvgIpc) is 2.26. The standard InChI is InChI=1S/C12H14O4/c1-7(13)11(15)9-4-3-5-10(6-9)12(16)8(2)14/h3-8,13-14H,1-2H3/t7-,8-/m0/s1. The predicted octanol–water partition coefficient (Wildman–Crippen LogP) is 0.814. The van der Waals surface area contributed by atoms with Crippen molar-refractivity contribution in [3.63, 3.8) is 0 Å². The number of carbonyl (C=O) groups is 2. The van der Waals surface area contributed by atoms with E-state index in [0.717, 1.165) is 0 Å². The van der Waals surface area contributed by atoms with Gasteiger partial charge in [-0.05, 0) is 19.9 Å². The van der Waals surface area contributed by atoms with Crippen LogP contribution in [-0.4, -0.2) is 34.0 Å². The summed E-state index contributed by atoms with van der Waals surface area (Å²) in [5.74, 6) is -0.888. The molecule has 1 aromatic carbocycles. The molecular weight excluding hydrogens is 208 g/mol. The van der Waals surface area contributed by atoms with E-state index in [1.807, 2.05) is 0 Å². The summed E-state index contributed by atoms with van der Waals surface area (Å²) in [4.78, 5) is 22.9. The molecule has 0 heterocycles. The van der Waals surface area contributed by atoms with E-state index in [1.165, 1.54) is 32.0 Å². The number of aliphatic hydroxyl groups excluding tert-OH is 2. The topological polar surface area (TPSA) is 74.6 Å². The van der Waals surface area contributed by atoms with Gasteiger partial charge in [0, 0.05) is 11.1 Å². The second kappa shape index (κ2) is 5.01. The minimum absolute atomic E-state index is 0.265. The Balaban J connectivity index is 3.05. The van der Waals surface area contributed by atoms with E-state index in [0.29, 0.717) is 0 Å². The Morgan fingerprint density at radius 3 is 1.69 bits per heavy atom. The fourth-order valence-corrected chi connectivity index (χ4v) is 1.31. The average molecular weight is 222 g/mol. The Hall–Kier alpha value is -1.52. The van der Waals surface area contributed by atoms with Gasteiger partial charge in [0.1, 0.15) is 12.2 Å². The quantitative estimate of drug-likeness (QED) is 0.739. The summed E-state index contributed by atoms with van der Waals surface area (Å²) < 4.78 is 0. The normalized spacial score (nSPS) is 14.2. The molecule has 0 radical (unpaired) electrons. The number of carbonyl (C=O) groups excluding carboxylic acids is 2. The number of rotatable bonds is 4. The summed E-state index contributed by atoms with van der Waals surface area (Å²) in [7, 11) is 0. The van der Waals surface area contributed by atoms with E-state index in [4.69, 9.17) is 10.2 Å². The van der Waals surface area contributed by atoms with E-state index in [1.54, 1.807) is 6.07 Å². The largest absolute Gasteiger partial charge is 0.385 e. The molecule has 0 aliphatic heterocycles. The summed E-state index contributed by atoms with van der Waals surface area (Å²) in [5.41, 5.74) is 0.531. The molecule has 4 nitrogen and oxygen atoms in total. The van der Waals surface area contributed by atoms with E-state index >= 15 is 0 Å². The van der Waals surface area contributed by atoms with Crippen molar-refractivity contribution in [1.82, 2.24) is 0 Å². The van der Waals surface area contributed by atoms with Crippen molar-refractivity contribution in [2.45, 2.75) is 26.1 Å². The molecule has 0 unspecified atom stereocenters. The molecule has 0 aliphatic carbocycles. The summed E-state index contributed by atoms with van der Waals surface area (Å²) in [6.07, 6.45) is -2.20. The number of Topliss-reactive ketones (excluding diaryl/α,β-unsaturated/α-hetero) is 2. The van der Waals surface area contributed by atoms with E-state index < -0.39 is 23.8 Å². The van der Waals surface area contributed by atoms with Crippen LogP contribution < -0.4 is 0 Å². The molecular formula is C12H14O4. The van der Waals surface area contributed by atoms with Crippen LogP contribution >= 0.6 is 0 Å². The van der Waals surface area contributed by atoms with Gasteiger partial charge in [-0.1, -0.05) is 18.2 Å². The summed E-state index contributed by atoms with van der Waals surface area (Å²) in [5, 5.41) is 18.3. The predicted molar refractivity (Wildman–Crippen MR) is 58.5 cm³/mol. The van der Waals surface area contributed by atoms with Gasteiger partial charge in [-0.3, -0.25) is 9.59 Å². The van der Waals surface area contributed by atoms with Gasteiger partial charge in [0.2, 0.25) is 0 Å². The summed E-state index contributed by atoms with van der Waals surface area (Å²) in [6.45, 7) is 2.73. The molecule has 0 amide bonds. The maximum atomic E-state index is 11.5. The van der Waals surface area contributed by atoms with Crippen LogP contribution in [0.1, 0.15) is 34.6 Å². The van der Waals surface area contributed by atoms with E-state index in [-0.39, 0.29) is 11.1 Å². The van der Waals surface area contributed by atoms with Crippen LogP contribution in [0.25, 0.3) is 0 Å². The third-order valence-corrected chi connectivity index (χ3v) is 2.19. The third kappa shape index (κ3) is 2.74. The highest BCUT2D eigenvalue weighted by atomic mass is 16.3. The van der Waals surface area contributed by atoms with Crippen molar-refractivity contribution in [3.05, 3.63) is 35.4 Å². The Morgan fingerprint density at radius 2 is 1.38 bits per heavy atom. The molecule has 0 saturated heterocycles. The highest BCUT2D eigenvalue weighted by Crippen LogP contribution is 2.10. The summed E-state index contributed by atoms with van der Waals surface area (Å²) >= 11 is 0. The van der Waals surface area contributed by atoms with Crippen LogP contribution in [0.15, 0.2) is 24.3 Å². The smallest absolute Gasteiger partial charge is 0.190 e. The fraction of sp³-hybridized carbons (Fsp3) is 0.333. The van der Waals surface area contributed by atoms with Gasteiger partial charge in [-0.25, -0.2) is 0 Å². The molecule has 1 rings (SSSR count). The van der Waals surface area contributed by atoms with Gasteiger partial charge in [0.05, 0.1) is 0 Å². The van der Waals surface area contributed by atoms with Crippen molar-refractivity contribution >= 4 is 11.6 Å². The maximum absolute atomic E-state index is 11.5. The lowest BCUT2D eigenvalue weighted by atomic mass is 10.0. The van der Waals surface area contributed by atoms with Gasteiger partial charge < -0.3 is 10.2 Å².